The van der Waals surface area contributed by atoms with Crippen molar-refractivity contribution in [2.45, 2.75) is 45.3 Å². The van der Waals surface area contributed by atoms with Gasteiger partial charge in [0.15, 0.2) is 23.0 Å². The van der Waals surface area contributed by atoms with Crippen molar-refractivity contribution in [3.8, 4) is 28.4 Å². The number of methoxy groups -OCH3 is 3. The molecular weight excluding hydrogens is 552 g/mol. The van der Waals surface area contributed by atoms with Crippen LogP contribution in [0.3, 0.4) is 0 Å². The summed E-state index contributed by atoms with van der Waals surface area (Å²) in [5.41, 5.74) is 3.57. The van der Waals surface area contributed by atoms with Crippen molar-refractivity contribution in [1.29, 1.82) is 0 Å². The molecule has 4 aromatic rings. The minimum absolute atomic E-state index is 0.164. The number of anilines is 1. The fourth-order valence-corrected chi connectivity index (χ4v) is 5.46. The van der Waals surface area contributed by atoms with Crippen LogP contribution in [0.15, 0.2) is 53.5 Å². The maximum absolute atomic E-state index is 13.6. The van der Waals surface area contributed by atoms with E-state index in [4.69, 9.17) is 14.2 Å². The van der Waals surface area contributed by atoms with Gasteiger partial charge in [-0.25, -0.2) is 0 Å². The molecule has 2 atom stereocenters. The molecule has 12 heteroatoms. The molecule has 224 valence electrons. The highest BCUT2D eigenvalue weighted by atomic mass is 16.5. The van der Waals surface area contributed by atoms with Gasteiger partial charge < -0.3 is 30.2 Å². The Bertz CT molecular complexity index is 1750. The first-order valence-electron chi connectivity index (χ1n) is 13.9. The maximum atomic E-state index is 13.6. The third-order valence-electron chi connectivity index (χ3n) is 7.49. The summed E-state index contributed by atoms with van der Waals surface area (Å²) >= 11 is 0. The predicted molar refractivity (Wildman–Crippen MR) is 161 cm³/mol. The largest absolute Gasteiger partial charge is 0.493 e. The van der Waals surface area contributed by atoms with Gasteiger partial charge in [0, 0.05) is 18.7 Å². The zero-order valence-electron chi connectivity index (χ0n) is 24.7. The minimum Gasteiger partial charge on any atom is -0.493 e. The number of aromatic nitrogens is 3. The number of fused-ring (bicyclic) bond motifs is 4. The average Bonchev–Trinajstić information content (AvgIpc) is 3.28. The van der Waals surface area contributed by atoms with Gasteiger partial charge in [-0.3, -0.25) is 18.8 Å². The molecule has 0 spiro atoms. The monoisotopic (exact) mass is 586 g/mol. The number of pyridine rings is 1. The Morgan fingerprint density at radius 3 is 2.56 bits per heavy atom. The quantitative estimate of drug-likeness (QED) is 0.269. The molecule has 2 heterocycles. The number of benzene rings is 1. The number of ether oxygens (including phenoxy) is 3. The van der Waals surface area contributed by atoms with E-state index in [2.05, 4.69) is 26.1 Å². The molecule has 1 aliphatic carbocycles. The molecule has 2 aromatic heterocycles. The third-order valence-corrected chi connectivity index (χ3v) is 7.49. The van der Waals surface area contributed by atoms with E-state index in [1.807, 2.05) is 30.5 Å². The van der Waals surface area contributed by atoms with E-state index in [1.54, 1.807) is 37.7 Å². The number of nitrogens with one attached hydrogen (secondary N) is 3. The normalized spacial score (nSPS) is 14.5. The molecule has 2 aromatic carbocycles. The molecule has 3 N–H and O–H groups in total. The van der Waals surface area contributed by atoms with Crippen LogP contribution in [0, 0.1) is 0 Å². The lowest BCUT2D eigenvalue weighted by molar-refractivity contribution is -0.122. The summed E-state index contributed by atoms with van der Waals surface area (Å²) in [6.45, 7) is 3.28. The first-order valence-corrected chi connectivity index (χ1v) is 13.9. The summed E-state index contributed by atoms with van der Waals surface area (Å²) < 4.78 is 18.8. The molecule has 0 radical (unpaired) electrons. The Balaban J connectivity index is 1.50. The van der Waals surface area contributed by atoms with Crippen LogP contribution in [0.4, 0.5) is 5.69 Å². The molecule has 2 amide bonds. The zero-order valence-corrected chi connectivity index (χ0v) is 24.7. The Labute approximate surface area is 248 Å². The number of rotatable bonds is 9. The third kappa shape index (κ3) is 5.81. The van der Waals surface area contributed by atoms with E-state index in [9.17, 15) is 14.4 Å². The van der Waals surface area contributed by atoms with Gasteiger partial charge in [0.2, 0.25) is 23.0 Å². The fraction of sp³-hybridized carbons (Fsp3) is 0.323. The average molecular weight is 587 g/mol. The highest BCUT2D eigenvalue weighted by Crippen LogP contribution is 2.50. The topological polar surface area (TPSA) is 145 Å². The standard InChI is InChI=1S/C31H34N6O6/c1-17(31(40)32-16-27-36-35-26-8-6-7-13-37(26)27)33-23-12-10-20-21(15-24(23)39)22(34-18(2)38)11-9-19-14-25(41-3)29(42-4)30(43-5)28(19)20/h6-8,10,12-15,17,22H,9,11,16H2,1-5H3,(H,32,40)(H,33,39)(H,34,38). The molecule has 0 fully saturated rings. The predicted octanol–water partition coefficient (Wildman–Crippen LogP) is 3.02. The first-order chi connectivity index (χ1) is 20.7. The highest BCUT2D eigenvalue weighted by molar-refractivity contribution is 5.85. The van der Waals surface area contributed by atoms with Crippen molar-refractivity contribution < 1.29 is 23.8 Å². The van der Waals surface area contributed by atoms with Crippen LogP contribution >= 0.6 is 0 Å². The van der Waals surface area contributed by atoms with Crippen molar-refractivity contribution >= 4 is 23.1 Å². The van der Waals surface area contributed by atoms with Gasteiger partial charge >= 0.3 is 0 Å². The molecule has 1 aliphatic rings. The summed E-state index contributed by atoms with van der Waals surface area (Å²) in [6, 6.07) is 11.2. The summed E-state index contributed by atoms with van der Waals surface area (Å²) in [4.78, 5) is 38.7. The van der Waals surface area contributed by atoms with E-state index >= 15 is 0 Å². The Kier molecular flexibility index (Phi) is 8.46. The van der Waals surface area contributed by atoms with Crippen LogP contribution in [0.5, 0.6) is 17.2 Å². The summed E-state index contributed by atoms with van der Waals surface area (Å²) in [7, 11) is 4.64. The Hall–Kier alpha value is -5.13. The molecule has 0 saturated heterocycles. The SMILES string of the molecule is COc1cc2c(c(OC)c1OC)-c1ccc(NC(C)C(=O)NCc3nnc4ccccn34)c(=O)cc1C(NC(C)=O)CC2. The van der Waals surface area contributed by atoms with Crippen LogP contribution in [-0.2, 0) is 22.6 Å². The molecule has 12 nitrogen and oxygen atoms in total. The molecule has 2 unspecified atom stereocenters. The van der Waals surface area contributed by atoms with Gasteiger partial charge in [0.05, 0.1) is 39.6 Å². The van der Waals surface area contributed by atoms with Crippen molar-refractivity contribution in [2.24, 2.45) is 0 Å². The number of carbonyl (C=O) groups is 2. The second-order valence-corrected chi connectivity index (χ2v) is 10.2. The van der Waals surface area contributed by atoms with Gasteiger partial charge in [0.1, 0.15) is 6.04 Å². The van der Waals surface area contributed by atoms with Gasteiger partial charge in [-0.2, -0.15) is 0 Å². The van der Waals surface area contributed by atoms with Crippen LogP contribution in [0.2, 0.25) is 0 Å². The fourth-order valence-electron chi connectivity index (χ4n) is 5.46. The lowest BCUT2D eigenvalue weighted by atomic mass is 9.95. The molecule has 43 heavy (non-hydrogen) atoms. The first kappa shape index (κ1) is 29.4. The van der Waals surface area contributed by atoms with E-state index in [-0.39, 0.29) is 29.5 Å². The highest BCUT2D eigenvalue weighted by Gasteiger charge is 2.29. The van der Waals surface area contributed by atoms with Crippen molar-refractivity contribution in [2.75, 3.05) is 26.6 Å². The van der Waals surface area contributed by atoms with Crippen LogP contribution < -0.4 is 35.6 Å². The van der Waals surface area contributed by atoms with Crippen molar-refractivity contribution in [1.82, 2.24) is 25.2 Å². The second kappa shape index (κ2) is 12.4. The van der Waals surface area contributed by atoms with Crippen molar-refractivity contribution in [3.63, 3.8) is 0 Å². The van der Waals surface area contributed by atoms with E-state index < -0.39 is 12.1 Å². The van der Waals surface area contributed by atoms with Crippen LogP contribution in [-0.4, -0.2) is 53.8 Å². The molecule has 5 rings (SSSR count). The maximum Gasteiger partial charge on any atom is 0.242 e. The van der Waals surface area contributed by atoms with Crippen molar-refractivity contribution in [3.05, 3.63) is 75.8 Å². The van der Waals surface area contributed by atoms with Gasteiger partial charge in [-0.05, 0) is 66.8 Å². The number of carbonyl (C=O) groups excluding carboxylic acids is 2. The van der Waals surface area contributed by atoms with Gasteiger partial charge in [0.25, 0.3) is 0 Å². The lowest BCUT2D eigenvalue weighted by Gasteiger charge is -2.19. The van der Waals surface area contributed by atoms with Crippen LogP contribution in [0.25, 0.3) is 16.8 Å². The smallest absolute Gasteiger partial charge is 0.242 e. The van der Waals surface area contributed by atoms with E-state index in [0.29, 0.717) is 52.7 Å². The summed E-state index contributed by atoms with van der Waals surface area (Å²) in [5.74, 6) is 1.45. The van der Waals surface area contributed by atoms with Crippen LogP contribution in [0.1, 0.15) is 43.3 Å². The number of hydrogen-bond donors (Lipinski definition) is 3. The second-order valence-electron chi connectivity index (χ2n) is 10.2. The van der Waals surface area contributed by atoms with E-state index in [0.717, 1.165) is 11.1 Å². The number of amides is 2. The Morgan fingerprint density at radius 1 is 1.05 bits per heavy atom. The number of aryl methyl sites for hydroxylation is 1. The van der Waals surface area contributed by atoms with Gasteiger partial charge in [-0.1, -0.05) is 12.1 Å². The minimum atomic E-state index is -0.744. The zero-order chi connectivity index (χ0) is 30.7. The van der Waals surface area contributed by atoms with E-state index in [1.165, 1.54) is 20.1 Å². The Morgan fingerprint density at radius 2 is 1.84 bits per heavy atom. The molecule has 0 bridgehead atoms. The number of hydrogen-bond acceptors (Lipinski definition) is 9. The molecule has 0 aliphatic heterocycles. The summed E-state index contributed by atoms with van der Waals surface area (Å²) in [5, 5.41) is 17.1. The summed E-state index contributed by atoms with van der Waals surface area (Å²) in [6.07, 6.45) is 2.96. The molecule has 0 saturated carbocycles. The molecular formula is C31H34N6O6. The lowest BCUT2D eigenvalue weighted by Crippen LogP contribution is -2.38. The van der Waals surface area contributed by atoms with Gasteiger partial charge in [-0.15, -0.1) is 10.2 Å². The number of nitrogens with zero attached hydrogens (tertiary/aromatic N) is 3.